The van der Waals surface area contributed by atoms with Crippen molar-refractivity contribution in [3.05, 3.63) is 166 Å². The third-order valence-electron chi connectivity index (χ3n) is 11.0. The maximum Gasteiger partial charge on any atom is 0.129 e. The van der Waals surface area contributed by atoms with Crippen molar-refractivity contribution in [1.29, 1.82) is 0 Å². The van der Waals surface area contributed by atoms with Crippen LogP contribution in [0.1, 0.15) is 86.1 Å². The number of nitrogens with zero attached hydrogens (tertiary/aromatic N) is 2. The Kier molecular flexibility index (Phi) is 10.9. The SMILES string of the molecule is Cc1cc(C)c(Nc2c(Nc3cc(Oc4cccc(-n5cc(-c6ccccc6)cn5)c4)ccc3-c3c(C)cc(C)cc3C)cc(C(C)(C)C)cc2C(C)(C)C)c(C)c1. The van der Waals surface area contributed by atoms with E-state index in [1.807, 2.05) is 47.3 Å². The zero-order valence-electron chi connectivity index (χ0n) is 36.3. The molecule has 0 spiro atoms. The minimum atomic E-state index is -0.147. The zero-order valence-corrected chi connectivity index (χ0v) is 36.3. The largest absolute Gasteiger partial charge is 0.457 e. The van der Waals surface area contributed by atoms with Gasteiger partial charge in [0.05, 0.1) is 28.9 Å². The van der Waals surface area contributed by atoms with Gasteiger partial charge in [-0.3, -0.25) is 0 Å². The molecule has 0 atom stereocenters. The molecule has 1 aromatic heterocycles. The van der Waals surface area contributed by atoms with Crippen molar-refractivity contribution in [3.8, 4) is 39.4 Å². The molecule has 0 bridgehead atoms. The first-order chi connectivity index (χ1) is 27.4. The van der Waals surface area contributed by atoms with Crippen molar-refractivity contribution in [3.63, 3.8) is 0 Å². The van der Waals surface area contributed by atoms with E-state index < -0.39 is 0 Å². The van der Waals surface area contributed by atoms with E-state index in [0.717, 1.165) is 56.6 Å². The van der Waals surface area contributed by atoms with E-state index in [2.05, 4.69) is 178 Å². The van der Waals surface area contributed by atoms with Crippen molar-refractivity contribution in [2.24, 2.45) is 0 Å². The summed E-state index contributed by atoms with van der Waals surface area (Å²) in [6, 6.07) is 38.6. The van der Waals surface area contributed by atoms with Crippen LogP contribution < -0.4 is 15.4 Å². The van der Waals surface area contributed by atoms with E-state index in [1.165, 1.54) is 50.1 Å². The molecule has 6 aromatic carbocycles. The number of aryl methyl sites for hydroxylation is 6. The van der Waals surface area contributed by atoms with Crippen LogP contribution in [0, 0.1) is 41.5 Å². The summed E-state index contributed by atoms with van der Waals surface area (Å²) in [4.78, 5) is 0. The molecule has 0 unspecified atom stereocenters. The molecule has 0 aliphatic heterocycles. The molecule has 0 saturated carbocycles. The maximum absolute atomic E-state index is 6.71. The van der Waals surface area contributed by atoms with Crippen molar-refractivity contribution < 1.29 is 4.74 Å². The second-order valence-electron chi connectivity index (χ2n) is 18.1. The van der Waals surface area contributed by atoms with Crippen LogP contribution in [0.3, 0.4) is 0 Å². The number of hydrogen-bond acceptors (Lipinski definition) is 4. The van der Waals surface area contributed by atoms with Gasteiger partial charge in [0.1, 0.15) is 11.5 Å². The summed E-state index contributed by atoms with van der Waals surface area (Å²) < 4.78 is 8.61. The van der Waals surface area contributed by atoms with Gasteiger partial charge in [0, 0.05) is 35.1 Å². The van der Waals surface area contributed by atoms with Gasteiger partial charge in [-0.15, -0.1) is 0 Å². The molecule has 296 valence electrons. The van der Waals surface area contributed by atoms with E-state index in [-0.39, 0.29) is 10.8 Å². The molecule has 7 aromatic rings. The Bertz CT molecular complexity index is 2570. The normalized spacial score (nSPS) is 11.8. The molecule has 5 heteroatoms. The molecular formula is C53H58N4O. The van der Waals surface area contributed by atoms with Crippen molar-refractivity contribution >= 4 is 22.7 Å². The van der Waals surface area contributed by atoms with Crippen molar-refractivity contribution in [2.45, 2.75) is 93.9 Å². The highest BCUT2D eigenvalue weighted by atomic mass is 16.5. The lowest BCUT2D eigenvalue weighted by Gasteiger charge is -2.31. The molecule has 58 heavy (non-hydrogen) atoms. The van der Waals surface area contributed by atoms with Crippen LogP contribution in [0.25, 0.3) is 27.9 Å². The summed E-state index contributed by atoms with van der Waals surface area (Å²) in [5.74, 6) is 1.46. The molecule has 1 heterocycles. The van der Waals surface area contributed by atoms with E-state index in [0.29, 0.717) is 0 Å². The number of benzene rings is 6. The summed E-state index contributed by atoms with van der Waals surface area (Å²) in [6.45, 7) is 26.9. The van der Waals surface area contributed by atoms with Crippen LogP contribution in [-0.4, -0.2) is 9.78 Å². The van der Waals surface area contributed by atoms with Gasteiger partial charge >= 0.3 is 0 Å². The van der Waals surface area contributed by atoms with Crippen molar-refractivity contribution in [1.82, 2.24) is 9.78 Å². The molecule has 7 rings (SSSR count). The van der Waals surface area contributed by atoms with Crippen LogP contribution in [0.4, 0.5) is 22.7 Å². The van der Waals surface area contributed by atoms with Crippen LogP contribution in [-0.2, 0) is 10.8 Å². The minimum Gasteiger partial charge on any atom is -0.457 e. The van der Waals surface area contributed by atoms with E-state index in [4.69, 9.17) is 4.74 Å². The number of nitrogens with one attached hydrogen (secondary N) is 2. The Labute approximate surface area is 346 Å². The van der Waals surface area contributed by atoms with Crippen LogP contribution >= 0.6 is 0 Å². The molecule has 0 aliphatic carbocycles. The second kappa shape index (κ2) is 15.7. The molecule has 0 amide bonds. The highest BCUT2D eigenvalue weighted by Gasteiger charge is 2.27. The van der Waals surface area contributed by atoms with Gasteiger partial charge in [-0.1, -0.05) is 119 Å². The molecule has 0 fully saturated rings. The Morgan fingerprint density at radius 1 is 0.534 bits per heavy atom. The van der Waals surface area contributed by atoms with E-state index in [1.54, 1.807) is 0 Å². The van der Waals surface area contributed by atoms with Gasteiger partial charge < -0.3 is 15.4 Å². The lowest BCUT2D eigenvalue weighted by Crippen LogP contribution is -2.19. The minimum absolute atomic E-state index is 0.0793. The average Bonchev–Trinajstić information content (AvgIpc) is 3.64. The molecular weight excluding hydrogens is 709 g/mol. The van der Waals surface area contributed by atoms with Gasteiger partial charge in [0.2, 0.25) is 0 Å². The number of aromatic nitrogens is 2. The topological polar surface area (TPSA) is 51.1 Å². The average molecular weight is 767 g/mol. The standard InChI is InChI=1S/C53H58N4O/c1-33-23-35(3)49(36(4)24-33)45-22-21-44(58-43-20-16-19-42(29-43)57-32-40(31-54-57)39-17-14-13-15-18-39)30-47(45)55-48-28-41(52(7,8)9)27-46(53(10,11)12)51(48)56-50-37(5)25-34(2)26-38(50)6/h13-32,55-56H,1-12H3. The smallest absolute Gasteiger partial charge is 0.129 e. The Hall–Kier alpha value is -6.07. The highest BCUT2D eigenvalue weighted by Crippen LogP contribution is 2.45. The fourth-order valence-corrected chi connectivity index (χ4v) is 8.13. The van der Waals surface area contributed by atoms with E-state index >= 15 is 0 Å². The summed E-state index contributed by atoms with van der Waals surface area (Å²) in [6.07, 6.45) is 3.96. The Balaban J connectivity index is 1.36. The zero-order chi connectivity index (χ0) is 41.5. The van der Waals surface area contributed by atoms with Gasteiger partial charge in [-0.2, -0.15) is 5.10 Å². The molecule has 2 N–H and O–H groups in total. The first kappa shape index (κ1) is 40.1. The molecule has 0 saturated heterocycles. The van der Waals surface area contributed by atoms with Crippen LogP contribution in [0.15, 0.2) is 122 Å². The van der Waals surface area contributed by atoms with Gasteiger partial charge in [-0.25, -0.2) is 4.68 Å². The molecule has 0 aliphatic rings. The lowest BCUT2D eigenvalue weighted by atomic mass is 9.79. The fraction of sp³-hybridized carbons (Fsp3) is 0.264. The van der Waals surface area contributed by atoms with Gasteiger partial charge in [-0.05, 0) is 127 Å². The van der Waals surface area contributed by atoms with Crippen molar-refractivity contribution in [2.75, 3.05) is 10.6 Å². The summed E-state index contributed by atoms with van der Waals surface area (Å²) in [5.41, 5.74) is 19.4. The summed E-state index contributed by atoms with van der Waals surface area (Å²) >= 11 is 0. The first-order valence-electron chi connectivity index (χ1n) is 20.4. The molecule has 0 radical (unpaired) electrons. The first-order valence-corrected chi connectivity index (χ1v) is 20.4. The predicted molar refractivity (Wildman–Crippen MR) is 246 cm³/mol. The molecule has 5 nitrogen and oxygen atoms in total. The van der Waals surface area contributed by atoms with Crippen LogP contribution in [0.5, 0.6) is 11.5 Å². The monoisotopic (exact) mass is 766 g/mol. The predicted octanol–water partition coefficient (Wildman–Crippen LogP) is 14.9. The van der Waals surface area contributed by atoms with Crippen LogP contribution in [0.2, 0.25) is 0 Å². The Morgan fingerprint density at radius 2 is 1.17 bits per heavy atom. The number of ether oxygens (including phenoxy) is 1. The lowest BCUT2D eigenvalue weighted by molar-refractivity contribution is 0.482. The van der Waals surface area contributed by atoms with Gasteiger partial charge in [0.25, 0.3) is 0 Å². The third kappa shape index (κ3) is 8.60. The highest BCUT2D eigenvalue weighted by molar-refractivity contribution is 5.90. The number of rotatable bonds is 9. The summed E-state index contributed by atoms with van der Waals surface area (Å²) in [7, 11) is 0. The quantitative estimate of drug-likeness (QED) is 0.154. The second-order valence-corrected chi connectivity index (χ2v) is 18.1. The van der Waals surface area contributed by atoms with Gasteiger partial charge in [0.15, 0.2) is 0 Å². The number of anilines is 4. The van der Waals surface area contributed by atoms with E-state index in [9.17, 15) is 0 Å². The third-order valence-corrected chi connectivity index (χ3v) is 11.0. The fourth-order valence-electron chi connectivity index (χ4n) is 8.13. The Morgan fingerprint density at radius 3 is 1.81 bits per heavy atom. The summed E-state index contributed by atoms with van der Waals surface area (Å²) in [5, 5.41) is 12.7. The maximum atomic E-state index is 6.71. The number of hydrogen-bond donors (Lipinski definition) is 2.